The van der Waals surface area contributed by atoms with E-state index in [1.165, 1.54) is 42.8 Å². The highest BCUT2D eigenvalue weighted by molar-refractivity contribution is 7.99. The zero-order valence-corrected chi connectivity index (χ0v) is 21.0. The third-order valence-electron chi connectivity index (χ3n) is 6.58. The molecule has 0 atom stereocenters. The summed E-state index contributed by atoms with van der Waals surface area (Å²) in [5.41, 5.74) is 5.39. The Hall–Kier alpha value is -3.65. The van der Waals surface area contributed by atoms with Crippen molar-refractivity contribution in [2.45, 2.75) is 50.2 Å². The van der Waals surface area contributed by atoms with Crippen molar-refractivity contribution in [1.29, 1.82) is 0 Å². The minimum absolute atomic E-state index is 0.116. The van der Waals surface area contributed by atoms with Gasteiger partial charge in [0.2, 0.25) is 0 Å². The van der Waals surface area contributed by atoms with Gasteiger partial charge in [-0.2, -0.15) is 5.10 Å². The van der Waals surface area contributed by atoms with Crippen molar-refractivity contribution >= 4 is 34.7 Å². The molecule has 184 valence electrons. The van der Waals surface area contributed by atoms with E-state index in [1.54, 1.807) is 6.07 Å². The van der Waals surface area contributed by atoms with Gasteiger partial charge < -0.3 is 5.11 Å². The van der Waals surface area contributed by atoms with Crippen LogP contribution < -0.4 is 5.43 Å². The fourth-order valence-electron chi connectivity index (χ4n) is 4.69. The Labute approximate surface area is 214 Å². The van der Waals surface area contributed by atoms with Crippen molar-refractivity contribution in [2.75, 3.05) is 5.75 Å². The molecule has 0 saturated heterocycles. The van der Waals surface area contributed by atoms with Crippen LogP contribution in [0.15, 0.2) is 70.9 Å². The Bertz CT molecular complexity index is 1390. The largest absolute Gasteiger partial charge is 0.507 e. The number of aromatic nitrogens is 3. The number of hydrogen-bond acceptors (Lipinski definition) is 6. The molecule has 8 heteroatoms. The highest BCUT2D eigenvalue weighted by Crippen LogP contribution is 2.35. The van der Waals surface area contributed by atoms with Crippen LogP contribution in [0.4, 0.5) is 0 Å². The number of hydrogen-bond donors (Lipinski definition) is 2. The molecule has 5 rings (SSSR count). The van der Waals surface area contributed by atoms with Gasteiger partial charge in [-0.3, -0.25) is 9.36 Å². The van der Waals surface area contributed by atoms with E-state index in [1.807, 2.05) is 30.3 Å². The molecule has 3 aromatic carbocycles. The molecule has 2 N–H and O–H groups in total. The molecule has 1 saturated carbocycles. The number of fused-ring (bicyclic) bond motifs is 1. The molecule has 7 nitrogen and oxygen atoms in total. The summed E-state index contributed by atoms with van der Waals surface area (Å²) in [7, 11) is 0. The number of nitrogens with zero attached hydrogens (tertiary/aromatic N) is 4. The van der Waals surface area contributed by atoms with E-state index in [4.69, 9.17) is 0 Å². The maximum atomic E-state index is 12.6. The minimum Gasteiger partial charge on any atom is -0.507 e. The Morgan fingerprint density at radius 2 is 1.86 bits per heavy atom. The van der Waals surface area contributed by atoms with Crippen LogP contribution in [0.3, 0.4) is 0 Å². The van der Waals surface area contributed by atoms with E-state index in [9.17, 15) is 9.90 Å². The SMILES string of the molecule is Cc1ccc(-c2nnc(SCC(=O)N/N=C\c3c(O)ccc4ccccc34)n2C2CCCCC2)cc1. The predicted octanol–water partition coefficient (Wildman–Crippen LogP) is 5.86. The first-order chi connectivity index (χ1) is 17.6. The number of thioether (sulfide) groups is 1. The molecule has 1 amide bonds. The summed E-state index contributed by atoms with van der Waals surface area (Å²) in [5.74, 6) is 0.892. The molecule has 1 aromatic heterocycles. The third kappa shape index (κ3) is 5.28. The van der Waals surface area contributed by atoms with Crippen LogP contribution in [0.25, 0.3) is 22.2 Å². The molecule has 1 aliphatic carbocycles. The second-order valence-corrected chi connectivity index (χ2v) is 10.1. The Morgan fingerprint density at radius 3 is 2.67 bits per heavy atom. The molecule has 1 aliphatic rings. The maximum Gasteiger partial charge on any atom is 0.250 e. The first-order valence-electron chi connectivity index (χ1n) is 12.3. The van der Waals surface area contributed by atoms with Gasteiger partial charge in [0.25, 0.3) is 5.91 Å². The molecule has 0 spiro atoms. The summed E-state index contributed by atoms with van der Waals surface area (Å²) in [6, 6.07) is 19.9. The van der Waals surface area contributed by atoms with E-state index in [2.05, 4.69) is 56.5 Å². The van der Waals surface area contributed by atoms with Crippen molar-refractivity contribution in [3.63, 3.8) is 0 Å². The Balaban J connectivity index is 1.29. The summed E-state index contributed by atoms with van der Waals surface area (Å²) >= 11 is 1.37. The lowest BCUT2D eigenvalue weighted by molar-refractivity contribution is -0.118. The lowest BCUT2D eigenvalue weighted by atomic mass is 9.95. The van der Waals surface area contributed by atoms with Gasteiger partial charge in [-0.25, -0.2) is 5.43 Å². The number of carbonyl (C=O) groups is 1. The highest BCUT2D eigenvalue weighted by atomic mass is 32.2. The highest BCUT2D eigenvalue weighted by Gasteiger charge is 2.24. The Morgan fingerprint density at radius 1 is 1.08 bits per heavy atom. The first kappa shape index (κ1) is 24.1. The molecule has 1 heterocycles. The van der Waals surface area contributed by atoms with Crippen LogP contribution in [-0.4, -0.2) is 37.7 Å². The van der Waals surface area contributed by atoms with Crippen LogP contribution in [0.1, 0.15) is 49.3 Å². The van der Waals surface area contributed by atoms with E-state index in [0.717, 1.165) is 40.2 Å². The number of rotatable bonds is 7. The molecule has 0 bridgehead atoms. The van der Waals surface area contributed by atoms with Crippen molar-refractivity contribution in [1.82, 2.24) is 20.2 Å². The second kappa shape index (κ2) is 11.0. The summed E-state index contributed by atoms with van der Waals surface area (Å²) in [4.78, 5) is 12.6. The standard InChI is InChI=1S/C28H29N5O2S/c1-19-11-13-21(14-12-19)27-31-32-28(33(27)22-8-3-2-4-9-22)36-18-26(35)30-29-17-24-23-10-6-5-7-20(23)15-16-25(24)34/h5-7,10-17,22,34H,2-4,8-9,18H2,1H3,(H,30,35)/b29-17-. The summed E-state index contributed by atoms with van der Waals surface area (Å²) in [5, 5.41) is 25.9. The molecular weight excluding hydrogens is 470 g/mol. The smallest absolute Gasteiger partial charge is 0.250 e. The van der Waals surface area contributed by atoms with Crippen LogP contribution in [0.2, 0.25) is 0 Å². The molecule has 1 fully saturated rings. The fraction of sp³-hybridized carbons (Fsp3) is 0.286. The van der Waals surface area contributed by atoms with Crippen molar-refractivity contribution < 1.29 is 9.90 Å². The van der Waals surface area contributed by atoms with Crippen LogP contribution in [0, 0.1) is 6.92 Å². The number of amides is 1. The minimum atomic E-state index is -0.244. The fourth-order valence-corrected chi connectivity index (χ4v) is 5.49. The van der Waals surface area contributed by atoms with E-state index >= 15 is 0 Å². The number of aryl methyl sites for hydroxylation is 1. The first-order valence-corrected chi connectivity index (χ1v) is 13.3. The zero-order valence-electron chi connectivity index (χ0n) is 20.2. The van der Waals surface area contributed by atoms with Crippen LogP contribution in [0.5, 0.6) is 5.75 Å². The van der Waals surface area contributed by atoms with E-state index in [-0.39, 0.29) is 17.4 Å². The number of phenolic OH excluding ortho intramolecular Hbond substituents is 1. The summed E-state index contributed by atoms with van der Waals surface area (Å²) < 4.78 is 2.22. The molecular formula is C28H29N5O2S. The number of aromatic hydroxyl groups is 1. The summed E-state index contributed by atoms with van der Waals surface area (Å²) in [6.45, 7) is 2.07. The second-order valence-electron chi connectivity index (χ2n) is 9.14. The number of benzene rings is 3. The van der Waals surface area contributed by atoms with Crippen molar-refractivity contribution in [3.05, 3.63) is 71.8 Å². The van der Waals surface area contributed by atoms with Gasteiger partial charge in [0.15, 0.2) is 11.0 Å². The van der Waals surface area contributed by atoms with Crippen LogP contribution in [-0.2, 0) is 4.79 Å². The molecule has 0 unspecified atom stereocenters. The average molecular weight is 500 g/mol. The van der Waals surface area contributed by atoms with Gasteiger partial charge in [0.05, 0.1) is 12.0 Å². The zero-order chi connectivity index (χ0) is 24.9. The molecule has 36 heavy (non-hydrogen) atoms. The number of carbonyl (C=O) groups excluding carboxylic acids is 1. The van der Waals surface area contributed by atoms with E-state index < -0.39 is 0 Å². The predicted molar refractivity (Wildman–Crippen MR) is 144 cm³/mol. The van der Waals surface area contributed by atoms with E-state index in [0.29, 0.717) is 11.6 Å². The normalized spacial score (nSPS) is 14.5. The van der Waals surface area contributed by atoms with Gasteiger partial charge in [-0.05, 0) is 36.6 Å². The number of hydrazone groups is 1. The van der Waals surface area contributed by atoms with Gasteiger partial charge in [0.1, 0.15) is 5.75 Å². The van der Waals surface area contributed by atoms with Gasteiger partial charge in [0, 0.05) is 17.2 Å². The maximum absolute atomic E-state index is 12.6. The topological polar surface area (TPSA) is 92.4 Å². The molecule has 4 aromatic rings. The number of phenols is 1. The quantitative estimate of drug-likeness (QED) is 0.189. The third-order valence-corrected chi connectivity index (χ3v) is 7.52. The van der Waals surface area contributed by atoms with Crippen molar-refractivity contribution in [3.8, 4) is 17.1 Å². The van der Waals surface area contributed by atoms with Gasteiger partial charge in [-0.15, -0.1) is 10.2 Å². The average Bonchev–Trinajstić information content (AvgIpc) is 3.33. The molecule has 0 radical (unpaired) electrons. The van der Waals surface area contributed by atoms with Gasteiger partial charge in [-0.1, -0.05) is 91.2 Å². The monoisotopic (exact) mass is 499 g/mol. The number of nitrogens with one attached hydrogen (secondary N) is 1. The lowest BCUT2D eigenvalue weighted by Crippen LogP contribution is -2.20. The molecule has 0 aliphatic heterocycles. The van der Waals surface area contributed by atoms with Crippen LogP contribution >= 0.6 is 11.8 Å². The van der Waals surface area contributed by atoms with Crippen molar-refractivity contribution in [2.24, 2.45) is 5.10 Å². The van der Waals surface area contributed by atoms with Gasteiger partial charge >= 0.3 is 0 Å². The summed E-state index contributed by atoms with van der Waals surface area (Å²) in [6.07, 6.45) is 7.31. The lowest BCUT2D eigenvalue weighted by Gasteiger charge is -2.25. The Kier molecular flexibility index (Phi) is 7.32.